The highest BCUT2D eigenvalue weighted by Gasteiger charge is 2.40. The van der Waals surface area contributed by atoms with E-state index in [0.29, 0.717) is 26.2 Å². The van der Waals surface area contributed by atoms with Crippen LogP contribution in [-0.2, 0) is 14.6 Å². The van der Waals surface area contributed by atoms with Crippen LogP contribution in [0.5, 0.6) is 0 Å². The predicted molar refractivity (Wildman–Crippen MR) is 115 cm³/mol. The topological polar surface area (TPSA) is 74.2 Å². The van der Waals surface area contributed by atoms with Crippen LogP contribution in [0.15, 0.2) is 4.99 Å². The van der Waals surface area contributed by atoms with Gasteiger partial charge in [0.05, 0.1) is 16.6 Å². The minimum Gasteiger partial charge on any atom is -0.377 e. The fourth-order valence-electron chi connectivity index (χ4n) is 2.74. The molecule has 25 heavy (non-hydrogen) atoms. The molecule has 1 fully saturated rings. The van der Waals surface area contributed by atoms with Crippen LogP contribution >= 0.6 is 24.0 Å². The van der Waals surface area contributed by atoms with Crippen LogP contribution < -0.4 is 5.32 Å². The second-order valence-corrected chi connectivity index (χ2v) is 9.84. The van der Waals surface area contributed by atoms with Crippen molar-refractivity contribution in [2.24, 2.45) is 4.99 Å². The molecule has 150 valence electrons. The van der Waals surface area contributed by atoms with Gasteiger partial charge < -0.3 is 19.9 Å². The van der Waals surface area contributed by atoms with Crippen LogP contribution in [0.2, 0.25) is 0 Å². The molecule has 9 heteroatoms. The van der Waals surface area contributed by atoms with Gasteiger partial charge in [0.1, 0.15) is 0 Å². The highest BCUT2D eigenvalue weighted by Crippen LogP contribution is 2.23. The molecule has 1 aliphatic heterocycles. The molecule has 1 saturated heterocycles. The summed E-state index contributed by atoms with van der Waals surface area (Å²) in [5.74, 6) is 0.906. The summed E-state index contributed by atoms with van der Waals surface area (Å²) in [5, 5.41) is 3.35. The largest absolute Gasteiger partial charge is 0.377 e. The summed E-state index contributed by atoms with van der Waals surface area (Å²) in [6, 6.07) is 0. The number of guanidine groups is 1. The molecule has 1 unspecified atom stereocenters. The molecule has 1 rings (SSSR count). The third-order valence-electron chi connectivity index (χ3n) is 4.34. The van der Waals surface area contributed by atoms with E-state index in [1.54, 1.807) is 20.9 Å². The van der Waals surface area contributed by atoms with Crippen LogP contribution in [0.3, 0.4) is 0 Å². The summed E-state index contributed by atoms with van der Waals surface area (Å²) in [7, 11) is 2.78. The van der Waals surface area contributed by atoms with Crippen molar-refractivity contribution in [3.05, 3.63) is 0 Å². The molecule has 0 aliphatic carbocycles. The maximum absolute atomic E-state index is 12.1. The van der Waals surface area contributed by atoms with Crippen molar-refractivity contribution >= 4 is 39.8 Å². The molecule has 0 saturated carbocycles. The van der Waals surface area contributed by atoms with Crippen LogP contribution in [0.4, 0.5) is 0 Å². The number of rotatable bonds is 7. The minimum absolute atomic E-state index is 0. The zero-order valence-electron chi connectivity index (χ0n) is 16.4. The molecule has 1 N–H and O–H groups in total. The first-order valence-corrected chi connectivity index (χ1v) is 10.2. The van der Waals surface area contributed by atoms with Gasteiger partial charge in [-0.1, -0.05) is 0 Å². The highest BCUT2D eigenvalue weighted by atomic mass is 127. The lowest BCUT2D eigenvalue weighted by atomic mass is 10.2. The van der Waals surface area contributed by atoms with Crippen molar-refractivity contribution in [3.63, 3.8) is 0 Å². The van der Waals surface area contributed by atoms with E-state index in [4.69, 9.17) is 4.74 Å². The van der Waals surface area contributed by atoms with E-state index in [1.165, 1.54) is 0 Å². The average molecular weight is 490 g/mol. The molecule has 0 aromatic carbocycles. The molecule has 1 aliphatic rings. The fourth-order valence-corrected chi connectivity index (χ4v) is 4.11. The zero-order valence-corrected chi connectivity index (χ0v) is 19.6. The number of ether oxygens (including phenoxy) is 1. The lowest BCUT2D eigenvalue weighted by Crippen LogP contribution is -2.57. The van der Waals surface area contributed by atoms with Gasteiger partial charge in [0.15, 0.2) is 15.8 Å². The Morgan fingerprint density at radius 1 is 1.40 bits per heavy atom. The van der Waals surface area contributed by atoms with Gasteiger partial charge >= 0.3 is 0 Å². The molecule has 0 radical (unpaired) electrons. The molecule has 1 heterocycles. The Bertz CT molecular complexity index is 523. The number of nitrogens with one attached hydrogen (secondary N) is 1. The first-order valence-electron chi connectivity index (χ1n) is 8.57. The minimum atomic E-state index is -3.05. The summed E-state index contributed by atoms with van der Waals surface area (Å²) in [4.78, 5) is 8.48. The van der Waals surface area contributed by atoms with Gasteiger partial charge in [0.2, 0.25) is 0 Å². The first kappa shape index (κ1) is 24.9. The van der Waals surface area contributed by atoms with Crippen molar-refractivity contribution in [1.82, 2.24) is 15.1 Å². The summed E-state index contributed by atoms with van der Waals surface area (Å²) in [6.45, 7) is 8.78. The first-order chi connectivity index (χ1) is 11.1. The van der Waals surface area contributed by atoms with Crippen LogP contribution in [0, 0.1) is 0 Å². The quantitative estimate of drug-likeness (QED) is 0.327. The van der Waals surface area contributed by atoms with Crippen molar-refractivity contribution in [3.8, 4) is 0 Å². The third-order valence-corrected chi connectivity index (χ3v) is 6.88. The van der Waals surface area contributed by atoms with Gasteiger partial charge in [0.25, 0.3) is 0 Å². The maximum Gasteiger partial charge on any atom is 0.193 e. The summed E-state index contributed by atoms with van der Waals surface area (Å²) in [5.41, 5.74) is 0. The Kier molecular flexibility index (Phi) is 10.8. The Balaban J connectivity index is 0.00000576. The smallest absolute Gasteiger partial charge is 0.193 e. The van der Waals surface area contributed by atoms with E-state index in [9.17, 15) is 8.42 Å². The molecule has 0 bridgehead atoms. The number of hydrogen-bond acceptors (Lipinski definition) is 5. The monoisotopic (exact) mass is 490 g/mol. The Hall–Kier alpha value is -0.130. The molecule has 7 nitrogen and oxygen atoms in total. The fraction of sp³-hybridized carbons (Fsp3) is 0.938. The second-order valence-electron chi connectivity index (χ2n) is 7.10. The number of aliphatic imine (C=N–C) groups is 1. The molecule has 0 aromatic heterocycles. The molecule has 1 atom stereocenters. The van der Waals surface area contributed by atoms with Gasteiger partial charge in [0, 0.05) is 39.8 Å². The van der Waals surface area contributed by atoms with Gasteiger partial charge in [-0.2, -0.15) is 0 Å². The molecular formula is C16H35IN4O3S. The molecule has 0 aromatic rings. The van der Waals surface area contributed by atoms with Crippen molar-refractivity contribution in [2.75, 3.05) is 59.7 Å². The molecular weight excluding hydrogens is 455 g/mol. The number of nitrogens with zero attached hydrogens (tertiary/aromatic N) is 3. The average Bonchev–Trinajstić information content (AvgIpc) is 2.48. The normalized spacial score (nSPS) is 20.9. The van der Waals surface area contributed by atoms with Gasteiger partial charge in [-0.3, -0.25) is 4.99 Å². The van der Waals surface area contributed by atoms with Crippen molar-refractivity contribution < 1.29 is 13.2 Å². The van der Waals surface area contributed by atoms with E-state index >= 15 is 0 Å². The second kappa shape index (κ2) is 10.9. The van der Waals surface area contributed by atoms with Crippen LogP contribution in [0.25, 0.3) is 0 Å². The number of hydrogen-bond donors (Lipinski definition) is 1. The van der Waals surface area contributed by atoms with Crippen molar-refractivity contribution in [2.45, 2.75) is 38.0 Å². The molecule has 0 spiro atoms. The lowest BCUT2D eigenvalue weighted by molar-refractivity contribution is 0.0543. The van der Waals surface area contributed by atoms with Crippen molar-refractivity contribution in [1.29, 1.82) is 0 Å². The standard InChI is InChI=1S/C16H34N4O3S.HI/c1-7-23-14(8-9-19(5)6)12-18-15(17-4)20-10-11-24(21,22)16(2,3)13-20;/h14H,7-13H2,1-6H3,(H,17,18);1H. The van der Waals surface area contributed by atoms with Gasteiger partial charge in [-0.25, -0.2) is 8.42 Å². The van der Waals surface area contributed by atoms with Gasteiger partial charge in [-0.05, 0) is 41.3 Å². The summed E-state index contributed by atoms with van der Waals surface area (Å²) >= 11 is 0. The Morgan fingerprint density at radius 3 is 2.52 bits per heavy atom. The van der Waals surface area contributed by atoms with E-state index in [2.05, 4.69) is 15.2 Å². The van der Waals surface area contributed by atoms with E-state index in [1.807, 2.05) is 25.9 Å². The maximum atomic E-state index is 12.1. The zero-order chi connectivity index (χ0) is 18.4. The SMILES string of the molecule is CCOC(CCN(C)C)CNC(=NC)N1CCS(=O)(=O)C(C)(C)C1.I. The molecule has 0 amide bonds. The number of halogens is 1. The predicted octanol–water partition coefficient (Wildman–Crippen LogP) is 1.05. The van der Waals surface area contributed by atoms with Crippen LogP contribution in [0.1, 0.15) is 27.2 Å². The lowest BCUT2D eigenvalue weighted by Gasteiger charge is -2.39. The summed E-state index contributed by atoms with van der Waals surface area (Å²) in [6.07, 6.45) is 1.04. The highest BCUT2D eigenvalue weighted by molar-refractivity contribution is 14.0. The summed E-state index contributed by atoms with van der Waals surface area (Å²) < 4.78 is 29.3. The van der Waals surface area contributed by atoms with Gasteiger partial charge in [-0.15, -0.1) is 24.0 Å². The third kappa shape index (κ3) is 7.56. The number of sulfone groups is 1. The van der Waals surface area contributed by atoms with Crippen LogP contribution in [-0.4, -0.2) is 94.7 Å². The van der Waals surface area contributed by atoms with E-state index in [-0.39, 0.29) is 35.8 Å². The Labute approximate surface area is 170 Å². The van der Waals surface area contributed by atoms with E-state index in [0.717, 1.165) is 18.9 Å². The Morgan fingerprint density at radius 2 is 2.04 bits per heavy atom. The van der Waals surface area contributed by atoms with E-state index < -0.39 is 14.6 Å².